The molecule has 520 valence electrons. The average Bonchev–Trinajstić information content (AvgIpc) is 3.67. The number of hydrogen-bond donors (Lipinski definition) is 0. The number of rotatable bonds is 69. The van der Waals surface area contributed by atoms with E-state index in [1.807, 2.05) is 19.0 Å². The highest BCUT2D eigenvalue weighted by atomic mass is 16.7. The topological polar surface area (TPSA) is 175 Å². The minimum atomic E-state index is -0.781. The maximum absolute atomic E-state index is 14.2. The summed E-state index contributed by atoms with van der Waals surface area (Å²) in [7, 11) is 3.91. The van der Waals surface area contributed by atoms with Crippen LogP contribution in [0.25, 0.3) is 0 Å². The highest BCUT2D eigenvalue weighted by molar-refractivity contribution is 5.82. The van der Waals surface area contributed by atoms with Crippen molar-refractivity contribution in [2.75, 3.05) is 86.6 Å². The third-order valence-corrected chi connectivity index (χ3v) is 15.9. The zero-order chi connectivity index (χ0) is 64.6. The van der Waals surface area contributed by atoms with Gasteiger partial charge in [0.25, 0.3) is 0 Å². The molecule has 2 unspecified atom stereocenters. The van der Waals surface area contributed by atoms with E-state index in [0.29, 0.717) is 91.3 Å². The number of nitrogens with zero attached hydrogens (tertiary/aromatic N) is 2. The van der Waals surface area contributed by atoms with Crippen molar-refractivity contribution < 1.29 is 66.6 Å². The number of amides is 1. The molecule has 0 spiro atoms. The number of hydrogen-bond acceptors (Lipinski definition) is 15. The van der Waals surface area contributed by atoms with Gasteiger partial charge in [-0.05, 0) is 104 Å². The molecule has 0 aromatic rings. The van der Waals surface area contributed by atoms with Crippen LogP contribution in [-0.4, -0.2) is 151 Å². The molecule has 0 N–H and O–H groups in total. The predicted molar refractivity (Wildman–Crippen MR) is 356 cm³/mol. The number of unbranched alkanes of at least 4 members (excludes halogenated alkanes) is 25. The Morgan fingerprint density at radius 1 is 0.318 bits per heavy atom. The molecule has 0 aromatic heterocycles. The summed E-state index contributed by atoms with van der Waals surface area (Å²) in [5, 5.41) is 0. The van der Waals surface area contributed by atoms with Crippen molar-refractivity contribution in [1.82, 2.24) is 9.80 Å². The third kappa shape index (κ3) is 57.0. The van der Waals surface area contributed by atoms with Crippen molar-refractivity contribution in [3.63, 3.8) is 0 Å². The molecule has 0 heterocycles. The first-order valence-corrected chi connectivity index (χ1v) is 36.6. The molecule has 88 heavy (non-hydrogen) atoms. The molecule has 16 heteroatoms. The largest absolute Gasteiger partial charge is 0.466 e. The minimum absolute atomic E-state index is 0.0746. The van der Waals surface area contributed by atoms with E-state index in [0.717, 1.165) is 96.3 Å². The van der Waals surface area contributed by atoms with E-state index >= 15 is 0 Å². The zero-order valence-corrected chi connectivity index (χ0v) is 58.3. The van der Waals surface area contributed by atoms with Crippen molar-refractivity contribution in [3.8, 4) is 0 Å². The maximum atomic E-state index is 14.2. The number of carbonyl (C=O) groups is 5. The zero-order valence-electron chi connectivity index (χ0n) is 58.3. The SMILES string of the molecule is CCCCCCCCOC(CCCOCCCCC(=O)OCC(COC(=O)CCCCOC(=O)CCC(OCCCCCCCC)OCCCCCCCC)N(CCCN(C)C)C(=O)CCC(=O)OC(CCC)CCCCCC)OCCCCCCCC. The molecule has 2 atom stereocenters. The fourth-order valence-electron chi connectivity index (χ4n) is 10.4. The second kappa shape index (κ2) is 65.6. The smallest absolute Gasteiger partial charge is 0.306 e. The monoisotopic (exact) mass is 1260 g/mol. The Balaban J connectivity index is 5.59. The summed E-state index contributed by atoms with van der Waals surface area (Å²) in [5.74, 6) is -1.93. The van der Waals surface area contributed by atoms with Gasteiger partial charge in [-0.2, -0.15) is 0 Å². The van der Waals surface area contributed by atoms with Gasteiger partial charge in [0.2, 0.25) is 5.91 Å². The maximum Gasteiger partial charge on any atom is 0.306 e. The number of esters is 4. The second-order valence-corrected chi connectivity index (χ2v) is 24.9. The van der Waals surface area contributed by atoms with E-state index in [1.165, 1.54) is 116 Å². The Hall–Kier alpha value is -2.89. The van der Waals surface area contributed by atoms with Crippen molar-refractivity contribution in [1.29, 1.82) is 0 Å². The lowest BCUT2D eigenvalue weighted by molar-refractivity contribution is -0.159. The standard InChI is InChI=1S/C72H138N2O14/c1-9-15-20-25-29-36-58-82-71(83-59-37-30-26-21-16-10-2)48-42-56-80-55-40-34-46-67(76)86-62-64(74(54-43-53-73(7)8)66(75)49-50-70(79)88-65(44-14-6)45-33-24-19-13-5)63-87-68(77)47-35-41-57-81-69(78)51-52-72(84-60-38-31-27-22-17-11-3)85-61-39-32-28-23-18-12-4/h64-65,71-72H,9-63H2,1-8H3. The van der Waals surface area contributed by atoms with Gasteiger partial charge in [-0.3, -0.25) is 24.0 Å². The van der Waals surface area contributed by atoms with Crippen molar-refractivity contribution in [3.05, 3.63) is 0 Å². The lowest BCUT2D eigenvalue weighted by Crippen LogP contribution is -2.47. The summed E-state index contributed by atoms with van der Waals surface area (Å²) in [4.78, 5) is 70.5. The van der Waals surface area contributed by atoms with E-state index in [4.69, 9.17) is 42.6 Å². The van der Waals surface area contributed by atoms with Crippen LogP contribution in [0.3, 0.4) is 0 Å². The number of carbonyl (C=O) groups excluding carboxylic acids is 5. The first-order chi connectivity index (χ1) is 42.9. The first kappa shape index (κ1) is 85.1. The summed E-state index contributed by atoms with van der Waals surface area (Å²) in [6.45, 7) is 17.7. The lowest BCUT2D eigenvalue weighted by Gasteiger charge is -2.32. The molecular formula is C72H138N2O14. The Morgan fingerprint density at radius 3 is 1.19 bits per heavy atom. The van der Waals surface area contributed by atoms with Gasteiger partial charge in [-0.1, -0.05) is 196 Å². The second-order valence-electron chi connectivity index (χ2n) is 24.9. The van der Waals surface area contributed by atoms with Crippen LogP contribution in [-0.2, 0) is 66.6 Å². The molecule has 0 bridgehead atoms. The van der Waals surface area contributed by atoms with Crippen LogP contribution < -0.4 is 0 Å². The average molecular weight is 1260 g/mol. The van der Waals surface area contributed by atoms with Crippen LogP contribution in [0.15, 0.2) is 0 Å². The van der Waals surface area contributed by atoms with E-state index in [9.17, 15) is 24.0 Å². The quantitative estimate of drug-likeness (QED) is 0.0243. The van der Waals surface area contributed by atoms with Gasteiger partial charge < -0.3 is 52.4 Å². The van der Waals surface area contributed by atoms with Crippen molar-refractivity contribution >= 4 is 29.8 Å². The van der Waals surface area contributed by atoms with Crippen LogP contribution in [0.1, 0.15) is 324 Å². The predicted octanol–water partition coefficient (Wildman–Crippen LogP) is 17.3. The van der Waals surface area contributed by atoms with Gasteiger partial charge in [0.15, 0.2) is 12.6 Å². The molecule has 0 aliphatic heterocycles. The Morgan fingerprint density at radius 2 is 0.727 bits per heavy atom. The highest BCUT2D eigenvalue weighted by Crippen LogP contribution is 2.18. The van der Waals surface area contributed by atoms with Crippen molar-refractivity contribution in [2.45, 2.75) is 349 Å². The highest BCUT2D eigenvalue weighted by Gasteiger charge is 2.28. The van der Waals surface area contributed by atoms with Gasteiger partial charge in [-0.15, -0.1) is 0 Å². The van der Waals surface area contributed by atoms with E-state index in [-0.39, 0.29) is 76.2 Å². The molecule has 0 radical (unpaired) electrons. The van der Waals surface area contributed by atoms with Gasteiger partial charge in [0.1, 0.15) is 19.3 Å². The Bertz CT molecular complexity index is 1540. The fraction of sp³-hybridized carbons (Fsp3) is 0.931. The molecule has 0 saturated heterocycles. The van der Waals surface area contributed by atoms with E-state index < -0.39 is 30.2 Å². The van der Waals surface area contributed by atoms with Crippen LogP contribution >= 0.6 is 0 Å². The number of ether oxygens (including phenoxy) is 9. The molecular weight excluding hydrogens is 1120 g/mol. The van der Waals surface area contributed by atoms with Crippen LogP contribution in [0.4, 0.5) is 0 Å². The molecule has 0 aliphatic carbocycles. The third-order valence-electron chi connectivity index (χ3n) is 15.9. The molecule has 0 aromatic carbocycles. The van der Waals surface area contributed by atoms with Gasteiger partial charge in [0.05, 0.1) is 25.5 Å². The summed E-state index contributed by atoms with van der Waals surface area (Å²) in [6, 6.07) is -0.781. The first-order valence-electron chi connectivity index (χ1n) is 36.6. The van der Waals surface area contributed by atoms with Crippen LogP contribution in [0.2, 0.25) is 0 Å². The van der Waals surface area contributed by atoms with Crippen LogP contribution in [0.5, 0.6) is 0 Å². The molecule has 0 rings (SSSR count). The minimum Gasteiger partial charge on any atom is -0.466 e. The summed E-state index contributed by atoms with van der Waals surface area (Å²) in [5.41, 5.74) is 0. The fourth-order valence-corrected chi connectivity index (χ4v) is 10.4. The Labute approximate surface area is 539 Å². The normalized spacial score (nSPS) is 12.3. The van der Waals surface area contributed by atoms with Crippen LogP contribution in [0, 0.1) is 0 Å². The molecule has 0 aliphatic rings. The van der Waals surface area contributed by atoms with E-state index in [1.54, 1.807) is 4.90 Å². The molecule has 1 amide bonds. The van der Waals surface area contributed by atoms with Gasteiger partial charge >= 0.3 is 23.9 Å². The van der Waals surface area contributed by atoms with Gasteiger partial charge in [0, 0.05) is 78.3 Å². The molecule has 0 saturated carbocycles. The Kier molecular flexibility index (Phi) is 63.4. The lowest BCUT2D eigenvalue weighted by atomic mass is 10.1. The van der Waals surface area contributed by atoms with Crippen molar-refractivity contribution in [2.24, 2.45) is 0 Å². The molecule has 16 nitrogen and oxygen atoms in total. The van der Waals surface area contributed by atoms with Gasteiger partial charge in [-0.25, -0.2) is 0 Å². The summed E-state index contributed by atoms with van der Waals surface area (Å²) < 4.78 is 53.8. The summed E-state index contributed by atoms with van der Waals surface area (Å²) in [6.07, 6.45) is 39.5. The van der Waals surface area contributed by atoms with E-state index in [2.05, 4.69) is 41.5 Å². The molecule has 0 fully saturated rings. The summed E-state index contributed by atoms with van der Waals surface area (Å²) >= 11 is 0.